The molecule has 0 radical (unpaired) electrons. The van der Waals surface area contributed by atoms with Gasteiger partial charge in [-0.25, -0.2) is 8.42 Å². The van der Waals surface area contributed by atoms with E-state index >= 15 is 0 Å². The van der Waals surface area contributed by atoms with Gasteiger partial charge in [0.25, 0.3) is 15.9 Å². The zero-order valence-electron chi connectivity index (χ0n) is 16.0. The Morgan fingerprint density at radius 1 is 0.857 bits per heavy atom. The number of nitrogens with zero attached hydrogens (tertiary/aromatic N) is 1. The molecule has 0 spiro atoms. The highest BCUT2D eigenvalue weighted by molar-refractivity contribution is 7.92. The zero-order valence-corrected chi connectivity index (χ0v) is 16.8. The van der Waals surface area contributed by atoms with Crippen molar-refractivity contribution in [3.63, 3.8) is 0 Å². The van der Waals surface area contributed by atoms with Crippen molar-refractivity contribution >= 4 is 27.3 Å². The van der Waals surface area contributed by atoms with E-state index in [9.17, 15) is 13.2 Å². The van der Waals surface area contributed by atoms with E-state index in [4.69, 9.17) is 0 Å². The van der Waals surface area contributed by atoms with Gasteiger partial charge in [-0.2, -0.15) is 0 Å². The van der Waals surface area contributed by atoms with Gasteiger partial charge in [0, 0.05) is 18.3 Å². The zero-order chi connectivity index (χ0) is 20.3. The number of amides is 1. The number of benzene rings is 3. The van der Waals surface area contributed by atoms with Crippen LogP contribution in [0.5, 0.6) is 0 Å². The number of rotatable bonds is 5. The van der Waals surface area contributed by atoms with E-state index in [0.717, 1.165) is 11.3 Å². The van der Waals surface area contributed by atoms with Crippen LogP contribution in [0.4, 0.5) is 11.4 Å². The first-order valence-electron chi connectivity index (χ1n) is 8.82. The van der Waals surface area contributed by atoms with Crippen molar-refractivity contribution in [3.8, 4) is 0 Å². The molecular weight excluding hydrogens is 372 g/mol. The monoisotopic (exact) mass is 394 g/mol. The largest absolute Gasteiger partial charge is 0.322 e. The number of aryl methyl sites for hydroxylation is 2. The molecule has 0 saturated heterocycles. The molecule has 28 heavy (non-hydrogen) atoms. The minimum absolute atomic E-state index is 0.221. The van der Waals surface area contributed by atoms with E-state index in [0.29, 0.717) is 16.8 Å². The molecule has 0 bridgehead atoms. The fraction of sp³-hybridized carbons (Fsp3) is 0.136. The standard InChI is InChI=1S/C22H22N2O3S/c1-16-9-7-8-12-20(16)23-22(25)18-13-14-21(17(2)15-18)24(3)28(26,27)19-10-5-4-6-11-19/h4-15H,1-3H3,(H,23,25). The van der Waals surface area contributed by atoms with Gasteiger partial charge in [0.15, 0.2) is 0 Å². The van der Waals surface area contributed by atoms with Crippen LogP contribution in [-0.4, -0.2) is 21.4 Å². The number of para-hydroxylation sites is 1. The van der Waals surface area contributed by atoms with E-state index in [1.54, 1.807) is 55.5 Å². The predicted octanol–water partition coefficient (Wildman–Crippen LogP) is 4.38. The summed E-state index contributed by atoms with van der Waals surface area (Å²) in [5.41, 5.74) is 3.40. The van der Waals surface area contributed by atoms with Crippen molar-refractivity contribution in [2.45, 2.75) is 18.7 Å². The molecule has 1 N–H and O–H groups in total. The van der Waals surface area contributed by atoms with Crippen LogP contribution in [-0.2, 0) is 10.0 Å². The van der Waals surface area contributed by atoms with Crippen LogP contribution in [0.25, 0.3) is 0 Å². The van der Waals surface area contributed by atoms with Crippen molar-refractivity contribution in [2.75, 3.05) is 16.7 Å². The van der Waals surface area contributed by atoms with E-state index in [1.807, 2.05) is 31.2 Å². The Bertz CT molecular complexity index is 1110. The summed E-state index contributed by atoms with van der Waals surface area (Å²) in [5.74, 6) is -0.238. The maximum Gasteiger partial charge on any atom is 0.264 e. The lowest BCUT2D eigenvalue weighted by atomic mass is 10.1. The first-order valence-corrected chi connectivity index (χ1v) is 10.3. The predicted molar refractivity (Wildman–Crippen MR) is 112 cm³/mol. The minimum atomic E-state index is -3.67. The third-order valence-corrected chi connectivity index (χ3v) is 6.38. The lowest BCUT2D eigenvalue weighted by Gasteiger charge is -2.22. The Morgan fingerprint density at radius 3 is 2.14 bits per heavy atom. The van der Waals surface area contributed by atoms with E-state index in [-0.39, 0.29) is 10.8 Å². The normalized spacial score (nSPS) is 11.1. The summed E-state index contributed by atoms with van der Waals surface area (Å²) in [5, 5.41) is 2.89. The highest BCUT2D eigenvalue weighted by Gasteiger charge is 2.22. The van der Waals surface area contributed by atoms with Gasteiger partial charge in [-0.05, 0) is 61.4 Å². The van der Waals surface area contributed by atoms with Gasteiger partial charge in [-0.1, -0.05) is 36.4 Å². The minimum Gasteiger partial charge on any atom is -0.322 e. The molecule has 3 rings (SSSR count). The SMILES string of the molecule is Cc1ccccc1NC(=O)c1ccc(N(C)S(=O)(=O)c2ccccc2)c(C)c1. The molecule has 0 aliphatic rings. The van der Waals surface area contributed by atoms with Crippen LogP contribution in [0.15, 0.2) is 77.7 Å². The van der Waals surface area contributed by atoms with Crippen LogP contribution < -0.4 is 9.62 Å². The molecular formula is C22H22N2O3S. The number of anilines is 2. The highest BCUT2D eigenvalue weighted by atomic mass is 32.2. The van der Waals surface area contributed by atoms with Gasteiger partial charge in [-0.15, -0.1) is 0 Å². The summed E-state index contributed by atoms with van der Waals surface area (Å²) >= 11 is 0. The number of carbonyl (C=O) groups excluding carboxylic acids is 1. The average molecular weight is 394 g/mol. The number of carbonyl (C=O) groups is 1. The molecule has 0 heterocycles. The number of nitrogens with one attached hydrogen (secondary N) is 1. The van der Waals surface area contributed by atoms with Crippen LogP contribution in [0.2, 0.25) is 0 Å². The average Bonchev–Trinajstić information content (AvgIpc) is 2.69. The molecule has 0 aromatic heterocycles. The van der Waals surface area contributed by atoms with Gasteiger partial charge >= 0.3 is 0 Å². The Balaban J connectivity index is 1.86. The molecule has 1 amide bonds. The first-order chi connectivity index (χ1) is 13.3. The van der Waals surface area contributed by atoms with E-state index < -0.39 is 10.0 Å². The topological polar surface area (TPSA) is 66.5 Å². The maximum absolute atomic E-state index is 12.8. The molecule has 3 aromatic carbocycles. The van der Waals surface area contributed by atoms with Crippen LogP contribution in [0, 0.1) is 13.8 Å². The fourth-order valence-corrected chi connectivity index (χ4v) is 4.22. The molecule has 0 aliphatic heterocycles. The number of sulfonamides is 1. The molecule has 0 unspecified atom stereocenters. The lowest BCUT2D eigenvalue weighted by molar-refractivity contribution is 0.102. The second-order valence-electron chi connectivity index (χ2n) is 6.56. The third kappa shape index (κ3) is 3.92. The highest BCUT2D eigenvalue weighted by Crippen LogP contribution is 2.26. The van der Waals surface area contributed by atoms with Crippen molar-refractivity contribution in [3.05, 3.63) is 89.5 Å². The van der Waals surface area contributed by atoms with E-state index in [2.05, 4.69) is 5.32 Å². The molecule has 5 nitrogen and oxygen atoms in total. The Hall–Kier alpha value is -3.12. The first kappa shape index (κ1) is 19.6. The third-order valence-electron chi connectivity index (χ3n) is 4.59. The molecule has 0 atom stereocenters. The Morgan fingerprint density at radius 2 is 1.50 bits per heavy atom. The van der Waals surface area contributed by atoms with Gasteiger partial charge in [0.2, 0.25) is 0 Å². The Kier molecular flexibility index (Phi) is 5.51. The van der Waals surface area contributed by atoms with Gasteiger partial charge in [0.05, 0.1) is 10.6 Å². The molecule has 0 fully saturated rings. The van der Waals surface area contributed by atoms with Crippen molar-refractivity contribution in [2.24, 2.45) is 0 Å². The van der Waals surface area contributed by atoms with Crippen LogP contribution in [0.3, 0.4) is 0 Å². The van der Waals surface area contributed by atoms with Gasteiger partial charge < -0.3 is 5.32 Å². The van der Waals surface area contributed by atoms with E-state index in [1.165, 1.54) is 11.4 Å². The summed E-state index contributed by atoms with van der Waals surface area (Å²) < 4.78 is 26.9. The quantitative estimate of drug-likeness (QED) is 0.698. The molecule has 0 saturated carbocycles. The van der Waals surface area contributed by atoms with Crippen molar-refractivity contribution in [1.29, 1.82) is 0 Å². The summed E-state index contributed by atoms with van der Waals surface area (Å²) in [7, 11) is -2.16. The molecule has 3 aromatic rings. The van der Waals surface area contributed by atoms with Crippen molar-refractivity contribution in [1.82, 2.24) is 0 Å². The molecule has 6 heteroatoms. The number of hydrogen-bond acceptors (Lipinski definition) is 3. The maximum atomic E-state index is 12.8. The van der Waals surface area contributed by atoms with Gasteiger partial charge in [-0.3, -0.25) is 9.10 Å². The Labute approximate surface area is 165 Å². The second-order valence-corrected chi connectivity index (χ2v) is 8.53. The second kappa shape index (κ2) is 7.86. The lowest BCUT2D eigenvalue weighted by Crippen LogP contribution is -2.27. The number of hydrogen-bond donors (Lipinski definition) is 1. The fourth-order valence-electron chi connectivity index (χ4n) is 2.94. The van der Waals surface area contributed by atoms with Gasteiger partial charge in [0.1, 0.15) is 0 Å². The van der Waals surface area contributed by atoms with Crippen LogP contribution in [0.1, 0.15) is 21.5 Å². The van der Waals surface area contributed by atoms with Crippen LogP contribution >= 0.6 is 0 Å². The molecule has 144 valence electrons. The summed E-state index contributed by atoms with van der Waals surface area (Å²) in [6, 6.07) is 20.8. The van der Waals surface area contributed by atoms with Crippen molar-refractivity contribution < 1.29 is 13.2 Å². The summed E-state index contributed by atoms with van der Waals surface area (Å²) in [6.07, 6.45) is 0. The summed E-state index contributed by atoms with van der Waals surface area (Å²) in [6.45, 7) is 3.71. The smallest absolute Gasteiger partial charge is 0.264 e. The molecule has 0 aliphatic carbocycles. The summed E-state index contributed by atoms with van der Waals surface area (Å²) in [4.78, 5) is 12.8.